The van der Waals surface area contributed by atoms with Crippen LogP contribution in [-0.4, -0.2) is 17.6 Å². The second kappa shape index (κ2) is 9.64. The number of nitriles is 1. The SMILES string of the molecule is COc1cccc(NC(=O)/C(C#N)=C\c2c(C)n(Cc3ccc(Cl)cc3)c3ccccc23)c1. The minimum Gasteiger partial charge on any atom is -0.497 e. The van der Waals surface area contributed by atoms with Crippen LogP contribution in [0.5, 0.6) is 5.75 Å². The Kier molecular flexibility index (Phi) is 6.48. The summed E-state index contributed by atoms with van der Waals surface area (Å²) in [6.45, 7) is 2.64. The van der Waals surface area contributed by atoms with E-state index < -0.39 is 5.91 Å². The van der Waals surface area contributed by atoms with Crippen molar-refractivity contribution in [3.63, 3.8) is 0 Å². The molecule has 0 saturated carbocycles. The smallest absolute Gasteiger partial charge is 0.266 e. The third-order valence-corrected chi connectivity index (χ3v) is 5.77. The fraction of sp³-hybridized carbons (Fsp3) is 0.111. The van der Waals surface area contributed by atoms with Gasteiger partial charge >= 0.3 is 0 Å². The van der Waals surface area contributed by atoms with E-state index in [1.807, 2.05) is 55.5 Å². The first-order valence-electron chi connectivity index (χ1n) is 10.4. The molecule has 5 nitrogen and oxygen atoms in total. The number of nitrogens with one attached hydrogen (secondary N) is 1. The van der Waals surface area contributed by atoms with Crippen molar-refractivity contribution < 1.29 is 9.53 Å². The number of nitrogens with zero attached hydrogens (tertiary/aromatic N) is 2. The number of rotatable bonds is 6. The quantitative estimate of drug-likeness (QED) is 0.278. The fourth-order valence-corrected chi connectivity index (χ4v) is 3.93. The van der Waals surface area contributed by atoms with E-state index in [1.165, 1.54) is 0 Å². The van der Waals surface area contributed by atoms with Crippen LogP contribution in [-0.2, 0) is 11.3 Å². The van der Waals surface area contributed by atoms with E-state index in [2.05, 4.69) is 16.0 Å². The van der Waals surface area contributed by atoms with Crippen molar-refractivity contribution in [2.45, 2.75) is 13.5 Å². The van der Waals surface area contributed by atoms with E-state index >= 15 is 0 Å². The fourth-order valence-electron chi connectivity index (χ4n) is 3.81. The summed E-state index contributed by atoms with van der Waals surface area (Å²) in [6, 6.07) is 24.8. The van der Waals surface area contributed by atoms with Gasteiger partial charge in [0.15, 0.2) is 0 Å². The van der Waals surface area contributed by atoms with Gasteiger partial charge in [0.05, 0.1) is 7.11 Å². The molecule has 1 aromatic heterocycles. The average Bonchev–Trinajstić information content (AvgIpc) is 3.09. The zero-order valence-electron chi connectivity index (χ0n) is 18.3. The van der Waals surface area contributed by atoms with Gasteiger partial charge in [0.25, 0.3) is 5.91 Å². The van der Waals surface area contributed by atoms with Gasteiger partial charge < -0.3 is 14.6 Å². The lowest BCUT2D eigenvalue weighted by atomic mass is 10.1. The molecule has 0 unspecified atom stereocenters. The lowest BCUT2D eigenvalue weighted by Gasteiger charge is -2.09. The highest BCUT2D eigenvalue weighted by Gasteiger charge is 2.16. The summed E-state index contributed by atoms with van der Waals surface area (Å²) in [6.07, 6.45) is 1.66. The lowest BCUT2D eigenvalue weighted by Crippen LogP contribution is -2.13. The van der Waals surface area contributed by atoms with Crippen molar-refractivity contribution in [1.29, 1.82) is 5.26 Å². The van der Waals surface area contributed by atoms with Gasteiger partial charge in [0.2, 0.25) is 0 Å². The van der Waals surface area contributed by atoms with Gasteiger partial charge in [-0.15, -0.1) is 0 Å². The first kappa shape index (κ1) is 22.2. The summed E-state index contributed by atoms with van der Waals surface area (Å²) in [4.78, 5) is 12.9. The molecule has 6 heteroatoms. The normalized spacial score (nSPS) is 11.3. The Morgan fingerprint density at radius 1 is 1.12 bits per heavy atom. The molecule has 1 heterocycles. The standard InChI is InChI=1S/C27H22ClN3O2/c1-18-25(14-20(16-29)27(32)30-22-6-5-7-23(15-22)33-2)24-8-3-4-9-26(24)31(18)17-19-10-12-21(28)13-11-19/h3-15H,17H2,1-2H3,(H,30,32)/b20-14-. The third kappa shape index (κ3) is 4.77. The molecule has 1 N–H and O–H groups in total. The Hall–Kier alpha value is -4.01. The van der Waals surface area contributed by atoms with E-state index in [4.69, 9.17) is 16.3 Å². The molecule has 164 valence electrons. The van der Waals surface area contributed by atoms with Gasteiger partial charge in [0.1, 0.15) is 17.4 Å². The largest absolute Gasteiger partial charge is 0.497 e. The molecule has 0 atom stereocenters. The highest BCUT2D eigenvalue weighted by molar-refractivity contribution is 6.30. The molecule has 0 fully saturated rings. The van der Waals surface area contributed by atoms with Crippen molar-refractivity contribution >= 4 is 40.2 Å². The molecule has 0 bridgehead atoms. The van der Waals surface area contributed by atoms with Crippen LogP contribution in [0.15, 0.2) is 78.4 Å². The Morgan fingerprint density at radius 2 is 1.88 bits per heavy atom. The van der Waals surface area contributed by atoms with Crippen LogP contribution in [0.25, 0.3) is 17.0 Å². The molecule has 0 aliphatic carbocycles. The van der Waals surface area contributed by atoms with E-state index in [9.17, 15) is 10.1 Å². The number of hydrogen-bond acceptors (Lipinski definition) is 3. The number of methoxy groups -OCH3 is 1. The summed E-state index contributed by atoms with van der Waals surface area (Å²) >= 11 is 6.03. The van der Waals surface area contributed by atoms with Gasteiger partial charge in [-0.1, -0.05) is 48.0 Å². The van der Waals surface area contributed by atoms with Crippen LogP contribution in [0.3, 0.4) is 0 Å². The van der Waals surface area contributed by atoms with E-state index in [-0.39, 0.29) is 5.57 Å². The minimum absolute atomic E-state index is 0.0234. The number of carbonyl (C=O) groups is 1. The van der Waals surface area contributed by atoms with Gasteiger partial charge in [-0.3, -0.25) is 4.79 Å². The number of fused-ring (bicyclic) bond motifs is 1. The van der Waals surface area contributed by atoms with E-state index in [0.717, 1.165) is 27.7 Å². The maximum absolute atomic E-state index is 12.9. The molecular formula is C27H22ClN3O2. The van der Waals surface area contributed by atoms with Crippen LogP contribution in [0.2, 0.25) is 5.02 Å². The zero-order valence-corrected chi connectivity index (χ0v) is 19.1. The first-order chi connectivity index (χ1) is 16.0. The summed E-state index contributed by atoms with van der Waals surface area (Å²) in [7, 11) is 1.56. The molecular weight excluding hydrogens is 434 g/mol. The van der Waals surface area contributed by atoms with Crippen molar-refractivity contribution in [3.8, 4) is 11.8 Å². The number of amides is 1. The molecule has 1 amide bonds. The van der Waals surface area contributed by atoms with Crippen molar-refractivity contribution in [2.75, 3.05) is 12.4 Å². The average molecular weight is 456 g/mol. The summed E-state index contributed by atoms with van der Waals surface area (Å²) in [5, 5.41) is 14.2. The van der Waals surface area contributed by atoms with Crippen LogP contribution in [0.1, 0.15) is 16.8 Å². The molecule has 0 aliphatic rings. The second-order valence-corrected chi connectivity index (χ2v) is 8.02. The van der Waals surface area contributed by atoms with Gasteiger partial charge in [-0.25, -0.2) is 0 Å². The number of aromatic nitrogens is 1. The molecule has 4 aromatic rings. The van der Waals surface area contributed by atoms with Gasteiger partial charge in [-0.2, -0.15) is 5.26 Å². The highest BCUT2D eigenvalue weighted by Crippen LogP contribution is 2.29. The minimum atomic E-state index is -0.473. The topological polar surface area (TPSA) is 67.0 Å². The zero-order chi connectivity index (χ0) is 23.4. The molecule has 0 aliphatic heterocycles. The Labute approximate surface area is 197 Å². The molecule has 3 aromatic carbocycles. The molecule has 0 saturated heterocycles. The maximum Gasteiger partial charge on any atom is 0.266 e. The number of anilines is 1. The highest BCUT2D eigenvalue weighted by atomic mass is 35.5. The predicted molar refractivity (Wildman–Crippen MR) is 132 cm³/mol. The third-order valence-electron chi connectivity index (χ3n) is 5.51. The summed E-state index contributed by atoms with van der Waals surface area (Å²) < 4.78 is 7.38. The predicted octanol–water partition coefficient (Wildman–Crippen LogP) is 6.21. The van der Waals surface area contributed by atoms with Crippen LogP contribution >= 0.6 is 11.6 Å². The monoisotopic (exact) mass is 455 g/mol. The van der Waals surface area contributed by atoms with E-state index in [0.29, 0.717) is 23.0 Å². The van der Waals surface area contributed by atoms with Crippen LogP contribution < -0.4 is 10.1 Å². The van der Waals surface area contributed by atoms with Crippen molar-refractivity contribution in [1.82, 2.24) is 4.57 Å². The Balaban J connectivity index is 1.72. The summed E-state index contributed by atoms with van der Waals surface area (Å²) in [5.74, 6) is 0.149. The van der Waals surface area contributed by atoms with Crippen LogP contribution in [0, 0.1) is 18.3 Å². The molecule has 0 radical (unpaired) electrons. The number of halogens is 1. The Bertz CT molecular complexity index is 1400. The van der Waals surface area contributed by atoms with E-state index in [1.54, 1.807) is 37.5 Å². The number of para-hydroxylation sites is 1. The number of ether oxygens (including phenoxy) is 1. The van der Waals surface area contributed by atoms with Crippen molar-refractivity contribution in [2.24, 2.45) is 0 Å². The van der Waals surface area contributed by atoms with Gasteiger partial charge in [-0.05, 0) is 48.9 Å². The van der Waals surface area contributed by atoms with Gasteiger partial charge in [0, 0.05) is 45.5 Å². The number of benzene rings is 3. The lowest BCUT2D eigenvalue weighted by molar-refractivity contribution is -0.112. The van der Waals surface area contributed by atoms with Crippen molar-refractivity contribution in [3.05, 3.63) is 100 Å². The number of carbonyl (C=O) groups excluding carboxylic acids is 1. The maximum atomic E-state index is 12.9. The molecule has 4 rings (SSSR count). The Morgan fingerprint density at radius 3 is 2.61 bits per heavy atom. The first-order valence-corrected chi connectivity index (χ1v) is 10.8. The molecule has 0 spiro atoms. The number of hydrogen-bond donors (Lipinski definition) is 1. The second-order valence-electron chi connectivity index (χ2n) is 7.58. The molecule has 33 heavy (non-hydrogen) atoms. The summed E-state index contributed by atoms with van der Waals surface area (Å²) in [5.41, 5.74) is 4.53. The van der Waals surface area contributed by atoms with Crippen LogP contribution in [0.4, 0.5) is 5.69 Å².